The van der Waals surface area contributed by atoms with E-state index in [9.17, 15) is 4.79 Å². The lowest BCUT2D eigenvalue weighted by atomic mass is 10.0. The van der Waals surface area contributed by atoms with Crippen molar-refractivity contribution >= 4 is 10.9 Å². The fourth-order valence-electron chi connectivity index (χ4n) is 2.02. The molecule has 0 aliphatic heterocycles. The highest BCUT2D eigenvalue weighted by atomic mass is 16.5. The van der Waals surface area contributed by atoms with Crippen LogP contribution in [-0.4, -0.2) is 12.1 Å². The molecule has 0 aliphatic carbocycles. The Hall–Kier alpha value is -2.49. The number of furan rings is 1. The van der Waals surface area contributed by atoms with E-state index in [1.807, 2.05) is 18.2 Å². The van der Waals surface area contributed by atoms with Crippen LogP contribution in [-0.2, 0) is 0 Å². The summed E-state index contributed by atoms with van der Waals surface area (Å²) in [5, 5.41) is 0.955. The normalized spacial score (nSPS) is 10.7. The van der Waals surface area contributed by atoms with E-state index in [1.165, 1.54) is 0 Å². The summed E-state index contributed by atoms with van der Waals surface area (Å²) in [6.45, 7) is 0. The molecule has 0 amide bonds. The lowest BCUT2D eigenvalue weighted by Gasteiger charge is -2.06. The number of rotatable bonds is 2. The van der Waals surface area contributed by atoms with E-state index >= 15 is 0 Å². The lowest BCUT2D eigenvalue weighted by molar-refractivity contribution is 0.415. The van der Waals surface area contributed by atoms with Crippen molar-refractivity contribution in [3.05, 3.63) is 53.2 Å². The first-order valence-corrected chi connectivity index (χ1v) is 5.51. The first-order valence-electron chi connectivity index (χ1n) is 5.51. The molecule has 0 saturated heterocycles. The van der Waals surface area contributed by atoms with Crippen LogP contribution in [0.4, 0.5) is 0 Å². The van der Waals surface area contributed by atoms with Crippen LogP contribution in [0.2, 0.25) is 0 Å². The van der Waals surface area contributed by atoms with E-state index < -0.39 is 0 Å². The average molecular weight is 241 g/mol. The lowest BCUT2D eigenvalue weighted by Crippen LogP contribution is -2.04. The summed E-state index contributed by atoms with van der Waals surface area (Å²) in [6.07, 6.45) is 3.21. The van der Waals surface area contributed by atoms with Crippen LogP contribution in [0.1, 0.15) is 0 Å². The monoisotopic (exact) mass is 241 g/mol. The second-order valence-electron chi connectivity index (χ2n) is 3.97. The number of nitrogens with one attached hydrogen (secondary N) is 1. The molecule has 0 radical (unpaired) electrons. The Bertz CT molecular complexity index is 741. The fourth-order valence-corrected chi connectivity index (χ4v) is 2.02. The topological polar surface area (TPSA) is 55.2 Å². The van der Waals surface area contributed by atoms with Gasteiger partial charge in [0.25, 0.3) is 0 Å². The van der Waals surface area contributed by atoms with Gasteiger partial charge in [-0.15, -0.1) is 0 Å². The minimum atomic E-state index is -0.146. The molecule has 1 N–H and O–H groups in total. The summed E-state index contributed by atoms with van der Waals surface area (Å²) < 4.78 is 10.2. The van der Waals surface area contributed by atoms with Crippen molar-refractivity contribution in [1.29, 1.82) is 0 Å². The molecule has 3 rings (SSSR count). The Morgan fingerprint density at radius 2 is 2.11 bits per heavy atom. The van der Waals surface area contributed by atoms with Crippen LogP contribution in [0.15, 0.2) is 52.1 Å². The molecule has 4 nitrogen and oxygen atoms in total. The highest BCUT2D eigenvalue weighted by Gasteiger charge is 2.07. The number of methoxy groups -OCH3 is 1. The predicted molar refractivity (Wildman–Crippen MR) is 68.8 cm³/mol. The van der Waals surface area contributed by atoms with Gasteiger partial charge in [-0.25, -0.2) is 0 Å². The molecule has 0 saturated carbocycles. The maximum Gasteiger partial charge on any atom is 0.249 e. The number of H-pyrrole nitrogens is 1. The van der Waals surface area contributed by atoms with Gasteiger partial charge < -0.3 is 14.1 Å². The number of benzene rings is 1. The minimum Gasteiger partial charge on any atom is -0.497 e. The summed E-state index contributed by atoms with van der Waals surface area (Å²) >= 11 is 0. The van der Waals surface area contributed by atoms with Gasteiger partial charge in [0.1, 0.15) is 5.75 Å². The van der Waals surface area contributed by atoms with Crippen molar-refractivity contribution < 1.29 is 9.15 Å². The third kappa shape index (κ3) is 1.68. The molecule has 18 heavy (non-hydrogen) atoms. The molecular weight excluding hydrogens is 230 g/mol. The fraction of sp³-hybridized carbons (Fsp3) is 0.0714. The van der Waals surface area contributed by atoms with E-state index in [4.69, 9.17) is 9.15 Å². The third-order valence-corrected chi connectivity index (χ3v) is 2.88. The molecular formula is C14H11NO3. The van der Waals surface area contributed by atoms with Crippen LogP contribution >= 0.6 is 0 Å². The predicted octanol–water partition coefficient (Wildman–Crippen LogP) is 2.80. The zero-order chi connectivity index (χ0) is 12.5. The first kappa shape index (κ1) is 10.7. The van der Waals surface area contributed by atoms with Crippen molar-refractivity contribution in [2.75, 3.05) is 7.11 Å². The second-order valence-corrected chi connectivity index (χ2v) is 3.97. The number of hydrogen-bond donors (Lipinski definition) is 1. The Morgan fingerprint density at radius 1 is 1.22 bits per heavy atom. The van der Waals surface area contributed by atoms with Crippen molar-refractivity contribution in [1.82, 2.24) is 4.98 Å². The van der Waals surface area contributed by atoms with Crippen LogP contribution in [0.25, 0.3) is 22.0 Å². The maximum absolute atomic E-state index is 11.7. The van der Waals surface area contributed by atoms with E-state index in [2.05, 4.69) is 4.98 Å². The van der Waals surface area contributed by atoms with Gasteiger partial charge in [0.15, 0.2) is 0 Å². The van der Waals surface area contributed by atoms with Gasteiger partial charge in [0, 0.05) is 23.1 Å². The number of ether oxygens (including phenoxy) is 1. The van der Waals surface area contributed by atoms with Gasteiger partial charge in [0.2, 0.25) is 5.56 Å². The number of aromatic nitrogens is 1. The van der Waals surface area contributed by atoms with E-state index in [0.717, 1.165) is 22.0 Å². The summed E-state index contributed by atoms with van der Waals surface area (Å²) in [7, 11) is 1.60. The van der Waals surface area contributed by atoms with E-state index in [0.29, 0.717) is 5.75 Å². The molecule has 2 heterocycles. The van der Waals surface area contributed by atoms with Crippen LogP contribution in [0.3, 0.4) is 0 Å². The number of fused-ring (bicyclic) bond motifs is 1. The quantitative estimate of drug-likeness (QED) is 0.750. The maximum atomic E-state index is 11.7. The Balaban J connectivity index is 2.35. The summed E-state index contributed by atoms with van der Waals surface area (Å²) in [4.78, 5) is 14.5. The van der Waals surface area contributed by atoms with Gasteiger partial charge in [-0.05, 0) is 23.8 Å². The Kier molecular flexibility index (Phi) is 2.41. The molecule has 0 fully saturated rings. The molecule has 4 heteroatoms. The molecule has 0 spiro atoms. The largest absolute Gasteiger partial charge is 0.497 e. The summed E-state index contributed by atoms with van der Waals surface area (Å²) in [5.74, 6) is 0.711. The molecule has 2 aromatic heterocycles. The molecule has 0 atom stereocenters. The first-order chi connectivity index (χ1) is 8.78. The molecule has 1 aromatic carbocycles. The highest BCUT2D eigenvalue weighted by molar-refractivity contribution is 5.94. The Morgan fingerprint density at radius 3 is 2.83 bits per heavy atom. The van der Waals surface area contributed by atoms with Crippen molar-refractivity contribution in [3.8, 4) is 16.9 Å². The molecule has 0 unspecified atom stereocenters. The molecule has 0 aliphatic rings. The van der Waals surface area contributed by atoms with Crippen LogP contribution < -0.4 is 10.3 Å². The number of hydrogen-bond acceptors (Lipinski definition) is 3. The van der Waals surface area contributed by atoms with E-state index in [-0.39, 0.29) is 5.56 Å². The minimum absolute atomic E-state index is 0.146. The zero-order valence-electron chi connectivity index (χ0n) is 9.77. The zero-order valence-corrected chi connectivity index (χ0v) is 9.77. The number of aromatic amines is 1. The van der Waals surface area contributed by atoms with Gasteiger partial charge in [0.05, 0.1) is 25.2 Å². The van der Waals surface area contributed by atoms with Gasteiger partial charge in [-0.1, -0.05) is 0 Å². The van der Waals surface area contributed by atoms with Crippen molar-refractivity contribution in [2.24, 2.45) is 0 Å². The average Bonchev–Trinajstić information content (AvgIpc) is 2.90. The smallest absolute Gasteiger partial charge is 0.249 e. The summed E-state index contributed by atoms with van der Waals surface area (Å²) in [5.41, 5.74) is 2.34. The van der Waals surface area contributed by atoms with Crippen molar-refractivity contribution in [3.63, 3.8) is 0 Å². The SMILES string of the molecule is COc1ccc2c(-c3ccoc3)cc(=O)[nH]c2c1. The molecule has 90 valence electrons. The second kappa shape index (κ2) is 4.07. The van der Waals surface area contributed by atoms with Crippen LogP contribution in [0, 0.1) is 0 Å². The van der Waals surface area contributed by atoms with Gasteiger partial charge in [-0.2, -0.15) is 0 Å². The van der Waals surface area contributed by atoms with Crippen LogP contribution in [0.5, 0.6) is 5.75 Å². The highest BCUT2D eigenvalue weighted by Crippen LogP contribution is 2.28. The van der Waals surface area contributed by atoms with E-state index in [1.54, 1.807) is 31.8 Å². The third-order valence-electron chi connectivity index (χ3n) is 2.88. The summed E-state index contributed by atoms with van der Waals surface area (Å²) in [6, 6.07) is 9.00. The van der Waals surface area contributed by atoms with Gasteiger partial charge >= 0.3 is 0 Å². The Labute approximate surface area is 103 Å². The number of pyridine rings is 1. The standard InChI is InChI=1S/C14H11NO3/c1-17-10-2-3-11-12(9-4-5-18-8-9)7-14(16)15-13(11)6-10/h2-8H,1H3,(H,15,16). The molecule has 0 bridgehead atoms. The van der Waals surface area contributed by atoms with Gasteiger partial charge in [-0.3, -0.25) is 4.79 Å². The van der Waals surface area contributed by atoms with Crippen molar-refractivity contribution in [2.45, 2.75) is 0 Å². The molecule has 3 aromatic rings.